The van der Waals surface area contributed by atoms with E-state index in [0.29, 0.717) is 5.69 Å². The fourth-order valence-corrected chi connectivity index (χ4v) is 4.42. The molecule has 0 spiro atoms. The average Bonchev–Trinajstić information content (AvgIpc) is 3.02. The summed E-state index contributed by atoms with van der Waals surface area (Å²) in [6, 6.07) is 3.41. The standard InChI is InChI=1S/C14H13ClFN3O2S2/c1-9(13-7-19-4-5-22-14(19)17-13)18-23(20,21)8-10-2-3-11(15)6-12(10)16/h2-7,9,18H,8H2,1H3. The Balaban J connectivity index is 1.76. The molecule has 0 aliphatic rings. The van der Waals surface area contributed by atoms with Crippen molar-refractivity contribution in [1.29, 1.82) is 0 Å². The first-order valence-corrected chi connectivity index (χ1v) is 9.61. The summed E-state index contributed by atoms with van der Waals surface area (Å²) < 4.78 is 42.5. The van der Waals surface area contributed by atoms with E-state index in [0.717, 1.165) is 11.0 Å². The maximum atomic E-state index is 13.7. The van der Waals surface area contributed by atoms with Gasteiger partial charge in [0.15, 0.2) is 4.96 Å². The van der Waals surface area contributed by atoms with E-state index in [-0.39, 0.29) is 10.6 Å². The van der Waals surface area contributed by atoms with Gasteiger partial charge < -0.3 is 0 Å². The van der Waals surface area contributed by atoms with Gasteiger partial charge in [0.1, 0.15) is 5.82 Å². The molecule has 0 fully saturated rings. The third-order valence-electron chi connectivity index (χ3n) is 3.27. The van der Waals surface area contributed by atoms with Gasteiger partial charge in [-0.15, -0.1) is 11.3 Å². The lowest BCUT2D eigenvalue weighted by Gasteiger charge is -2.12. The summed E-state index contributed by atoms with van der Waals surface area (Å²) >= 11 is 7.13. The molecule has 9 heteroatoms. The zero-order chi connectivity index (χ0) is 16.6. The molecule has 3 aromatic rings. The third kappa shape index (κ3) is 3.72. The van der Waals surface area contributed by atoms with Gasteiger partial charge >= 0.3 is 0 Å². The van der Waals surface area contributed by atoms with Crippen molar-refractivity contribution >= 4 is 37.9 Å². The van der Waals surface area contributed by atoms with E-state index >= 15 is 0 Å². The van der Waals surface area contributed by atoms with E-state index in [1.165, 1.54) is 23.5 Å². The monoisotopic (exact) mass is 373 g/mol. The van der Waals surface area contributed by atoms with Gasteiger partial charge in [-0.3, -0.25) is 4.40 Å². The maximum absolute atomic E-state index is 13.7. The highest BCUT2D eigenvalue weighted by molar-refractivity contribution is 7.88. The fraction of sp³-hybridized carbons (Fsp3) is 0.214. The molecule has 1 N–H and O–H groups in total. The zero-order valence-electron chi connectivity index (χ0n) is 12.0. The van der Waals surface area contributed by atoms with E-state index < -0.39 is 27.6 Å². The molecule has 122 valence electrons. The number of imidazole rings is 1. The SMILES string of the molecule is CC(NS(=O)(=O)Cc1ccc(Cl)cc1F)c1cn2ccsc2n1. The van der Waals surface area contributed by atoms with Gasteiger partial charge in [0.25, 0.3) is 0 Å². The Morgan fingerprint density at radius 1 is 1.48 bits per heavy atom. The number of hydrogen-bond donors (Lipinski definition) is 1. The maximum Gasteiger partial charge on any atom is 0.216 e. The molecule has 2 aromatic heterocycles. The molecular weight excluding hydrogens is 361 g/mol. The Hall–Kier alpha value is -1.48. The minimum Gasteiger partial charge on any atom is -0.297 e. The number of aromatic nitrogens is 2. The first kappa shape index (κ1) is 16.4. The molecule has 0 saturated carbocycles. The predicted molar refractivity (Wildman–Crippen MR) is 88.7 cm³/mol. The second-order valence-corrected chi connectivity index (χ2v) is 8.16. The summed E-state index contributed by atoms with van der Waals surface area (Å²) in [4.78, 5) is 5.14. The number of rotatable bonds is 5. The van der Waals surface area contributed by atoms with Gasteiger partial charge in [-0.05, 0) is 19.1 Å². The summed E-state index contributed by atoms with van der Waals surface area (Å²) in [6.07, 6.45) is 3.61. The molecule has 2 heterocycles. The molecule has 23 heavy (non-hydrogen) atoms. The van der Waals surface area contributed by atoms with Crippen LogP contribution in [-0.4, -0.2) is 17.8 Å². The highest BCUT2D eigenvalue weighted by atomic mass is 35.5. The smallest absolute Gasteiger partial charge is 0.216 e. The lowest BCUT2D eigenvalue weighted by Crippen LogP contribution is -2.28. The molecular formula is C14H13ClFN3O2S2. The summed E-state index contributed by atoms with van der Waals surface area (Å²) in [5.74, 6) is -1.10. The van der Waals surface area contributed by atoms with Crippen molar-refractivity contribution in [3.63, 3.8) is 0 Å². The van der Waals surface area contributed by atoms with Crippen molar-refractivity contribution in [2.24, 2.45) is 0 Å². The molecule has 5 nitrogen and oxygen atoms in total. The minimum atomic E-state index is -3.72. The van der Waals surface area contributed by atoms with Crippen LogP contribution in [-0.2, 0) is 15.8 Å². The van der Waals surface area contributed by atoms with Crippen molar-refractivity contribution in [3.05, 3.63) is 58.1 Å². The van der Waals surface area contributed by atoms with Gasteiger partial charge in [-0.25, -0.2) is 22.5 Å². The molecule has 1 atom stereocenters. The number of halogens is 2. The van der Waals surface area contributed by atoms with E-state index in [1.54, 1.807) is 13.1 Å². The van der Waals surface area contributed by atoms with Gasteiger partial charge in [0, 0.05) is 28.4 Å². The first-order chi connectivity index (χ1) is 10.8. The van der Waals surface area contributed by atoms with Crippen molar-refractivity contribution in [3.8, 4) is 0 Å². The molecule has 0 radical (unpaired) electrons. The predicted octanol–water partition coefficient (Wildman–Crippen LogP) is 3.37. The molecule has 1 unspecified atom stereocenters. The fourth-order valence-electron chi connectivity index (χ4n) is 2.17. The highest BCUT2D eigenvalue weighted by Gasteiger charge is 2.20. The van der Waals surface area contributed by atoms with Crippen LogP contribution < -0.4 is 4.72 Å². The average molecular weight is 374 g/mol. The van der Waals surface area contributed by atoms with E-state index in [9.17, 15) is 12.8 Å². The zero-order valence-corrected chi connectivity index (χ0v) is 14.4. The lowest BCUT2D eigenvalue weighted by atomic mass is 10.2. The lowest BCUT2D eigenvalue weighted by molar-refractivity contribution is 0.559. The normalized spacial score (nSPS) is 13.5. The number of benzene rings is 1. The molecule has 0 aliphatic heterocycles. The Bertz CT molecular complexity index is 923. The van der Waals surface area contributed by atoms with Crippen LogP contribution in [0.25, 0.3) is 4.96 Å². The number of sulfonamides is 1. The van der Waals surface area contributed by atoms with Gasteiger partial charge in [0.2, 0.25) is 10.0 Å². The number of nitrogens with one attached hydrogen (secondary N) is 1. The summed E-state index contributed by atoms with van der Waals surface area (Å²) in [6.45, 7) is 1.70. The molecule has 0 aliphatic carbocycles. The molecule has 3 rings (SSSR count). The van der Waals surface area contributed by atoms with Crippen LogP contribution in [0.5, 0.6) is 0 Å². The van der Waals surface area contributed by atoms with Crippen molar-refractivity contribution in [1.82, 2.24) is 14.1 Å². The number of nitrogens with zero attached hydrogens (tertiary/aromatic N) is 2. The largest absolute Gasteiger partial charge is 0.297 e. The second-order valence-electron chi connectivity index (χ2n) is 5.09. The van der Waals surface area contributed by atoms with Crippen LogP contribution in [0.4, 0.5) is 4.39 Å². The Kier molecular flexibility index (Phi) is 4.41. The van der Waals surface area contributed by atoms with Crippen LogP contribution in [0.2, 0.25) is 5.02 Å². The van der Waals surface area contributed by atoms with Crippen LogP contribution in [0.1, 0.15) is 24.2 Å². The van der Waals surface area contributed by atoms with Gasteiger partial charge in [-0.1, -0.05) is 17.7 Å². The van der Waals surface area contributed by atoms with E-state index in [2.05, 4.69) is 9.71 Å². The van der Waals surface area contributed by atoms with Gasteiger partial charge in [0.05, 0.1) is 17.5 Å². The molecule has 0 amide bonds. The van der Waals surface area contributed by atoms with Crippen molar-refractivity contribution in [2.45, 2.75) is 18.7 Å². The van der Waals surface area contributed by atoms with E-state index in [1.807, 2.05) is 16.0 Å². The van der Waals surface area contributed by atoms with Crippen LogP contribution in [0.3, 0.4) is 0 Å². The highest BCUT2D eigenvalue weighted by Crippen LogP contribution is 2.20. The number of fused-ring (bicyclic) bond motifs is 1. The first-order valence-electron chi connectivity index (χ1n) is 6.70. The Labute approximate surface area is 141 Å². The quantitative estimate of drug-likeness (QED) is 0.745. The van der Waals surface area contributed by atoms with E-state index in [4.69, 9.17) is 11.6 Å². The topological polar surface area (TPSA) is 63.5 Å². The van der Waals surface area contributed by atoms with Crippen molar-refractivity contribution in [2.75, 3.05) is 0 Å². The summed E-state index contributed by atoms with van der Waals surface area (Å²) in [5.41, 5.74) is 0.678. The Morgan fingerprint density at radius 3 is 2.96 bits per heavy atom. The van der Waals surface area contributed by atoms with Crippen molar-refractivity contribution < 1.29 is 12.8 Å². The molecule has 0 saturated heterocycles. The van der Waals surface area contributed by atoms with Gasteiger partial charge in [-0.2, -0.15) is 0 Å². The third-order valence-corrected chi connectivity index (χ3v) is 5.68. The number of hydrogen-bond acceptors (Lipinski definition) is 4. The molecule has 1 aromatic carbocycles. The number of thiazole rings is 1. The van der Waals surface area contributed by atoms with Crippen LogP contribution >= 0.6 is 22.9 Å². The second kappa shape index (κ2) is 6.20. The Morgan fingerprint density at radius 2 is 2.26 bits per heavy atom. The van der Waals surface area contributed by atoms with Crippen LogP contribution in [0.15, 0.2) is 36.0 Å². The summed E-state index contributed by atoms with van der Waals surface area (Å²) in [5, 5.41) is 2.12. The van der Waals surface area contributed by atoms with Crippen LogP contribution in [0, 0.1) is 5.82 Å². The minimum absolute atomic E-state index is 0.0694. The molecule has 0 bridgehead atoms. The summed E-state index contributed by atoms with van der Waals surface area (Å²) in [7, 11) is -3.72.